The normalized spacial score (nSPS) is 16.3. The maximum absolute atomic E-state index is 5.20. The van der Waals surface area contributed by atoms with Crippen LogP contribution in [0.3, 0.4) is 0 Å². The number of piperidine rings is 1. The Hall–Kier alpha value is -2.22. The summed E-state index contributed by atoms with van der Waals surface area (Å²) in [4.78, 5) is 6.71. The van der Waals surface area contributed by atoms with Gasteiger partial charge in [-0.05, 0) is 18.9 Å². The highest BCUT2D eigenvalue weighted by Crippen LogP contribution is 2.30. The number of methoxy groups -OCH3 is 1. The van der Waals surface area contributed by atoms with Gasteiger partial charge in [-0.15, -0.1) is 26.6 Å². The van der Waals surface area contributed by atoms with Crippen LogP contribution in [0.4, 0.5) is 5.13 Å². The molecule has 22 heavy (non-hydrogen) atoms. The third-order valence-corrected chi connectivity index (χ3v) is 4.85. The van der Waals surface area contributed by atoms with Gasteiger partial charge in [0.1, 0.15) is 0 Å². The molecule has 1 saturated heterocycles. The molecule has 0 aliphatic carbocycles. The Kier molecular flexibility index (Phi) is 3.38. The summed E-state index contributed by atoms with van der Waals surface area (Å²) in [5, 5.41) is 16.1. The standard InChI is InChI=1S/C14H16N6OS/c1-21-12-3-2-11-16-17-13(20(11)18-12)10-4-7-19(8-5-10)14-15-6-9-22-14/h2-3,6,9-10H,4-5,7-8H2,1H3. The van der Waals surface area contributed by atoms with E-state index in [0.29, 0.717) is 11.8 Å². The molecule has 0 radical (unpaired) electrons. The SMILES string of the molecule is COc1ccc2nnc(C3CCN(c4nccs4)CC3)n2n1. The van der Waals surface area contributed by atoms with E-state index >= 15 is 0 Å². The first-order valence-electron chi connectivity index (χ1n) is 7.26. The van der Waals surface area contributed by atoms with E-state index in [-0.39, 0.29) is 0 Å². The van der Waals surface area contributed by atoms with Crippen LogP contribution < -0.4 is 9.64 Å². The smallest absolute Gasteiger partial charge is 0.231 e. The van der Waals surface area contributed by atoms with Crippen molar-refractivity contribution in [3.63, 3.8) is 0 Å². The molecule has 4 heterocycles. The number of nitrogens with zero attached hydrogens (tertiary/aromatic N) is 6. The molecule has 8 heteroatoms. The number of fused-ring (bicyclic) bond motifs is 1. The zero-order valence-electron chi connectivity index (χ0n) is 12.2. The van der Waals surface area contributed by atoms with Crippen molar-refractivity contribution >= 4 is 22.1 Å². The average Bonchev–Trinajstić information content (AvgIpc) is 3.24. The van der Waals surface area contributed by atoms with Gasteiger partial charge in [-0.1, -0.05) is 0 Å². The Morgan fingerprint density at radius 1 is 1.23 bits per heavy atom. The Labute approximate surface area is 131 Å². The van der Waals surface area contributed by atoms with Gasteiger partial charge in [0, 0.05) is 36.7 Å². The number of aromatic nitrogens is 5. The van der Waals surface area contributed by atoms with Crippen molar-refractivity contribution in [1.82, 2.24) is 24.8 Å². The van der Waals surface area contributed by atoms with Crippen molar-refractivity contribution in [2.24, 2.45) is 0 Å². The predicted molar refractivity (Wildman–Crippen MR) is 83.6 cm³/mol. The molecule has 7 nitrogen and oxygen atoms in total. The lowest BCUT2D eigenvalue weighted by Gasteiger charge is -2.30. The molecule has 0 atom stereocenters. The fourth-order valence-corrected chi connectivity index (χ4v) is 3.55. The molecular formula is C14H16N6OS. The molecule has 3 aromatic rings. The highest BCUT2D eigenvalue weighted by Gasteiger charge is 2.26. The first kappa shape index (κ1) is 13.4. The largest absolute Gasteiger partial charge is 0.480 e. The lowest BCUT2D eigenvalue weighted by molar-refractivity contribution is 0.387. The van der Waals surface area contributed by atoms with Gasteiger partial charge in [-0.2, -0.15) is 4.52 Å². The minimum atomic E-state index is 0.366. The van der Waals surface area contributed by atoms with Gasteiger partial charge in [0.05, 0.1) is 7.11 Å². The lowest BCUT2D eigenvalue weighted by Crippen LogP contribution is -2.33. The molecule has 0 spiro atoms. The van der Waals surface area contributed by atoms with Crippen LogP contribution in [-0.2, 0) is 0 Å². The van der Waals surface area contributed by atoms with Crippen LogP contribution in [0.5, 0.6) is 5.88 Å². The molecule has 0 amide bonds. The zero-order valence-corrected chi connectivity index (χ0v) is 13.0. The third-order valence-electron chi connectivity index (χ3n) is 4.02. The first-order chi connectivity index (χ1) is 10.8. The van der Waals surface area contributed by atoms with Crippen LogP contribution in [-0.4, -0.2) is 45.0 Å². The van der Waals surface area contributed by atoms with Gasteiger partial charge in [0.2, 0.25) is 5.88 Å². The van der Waals surface area contributed by atoms with Crippen molar-refractivity contribution in [3.8, 4) is 5.88 Å². The van der Waals surface area contributed by atoms with Crippen LogP contribution in [0.25, 0.3) is 5.65 Å². The summed E-state index contributed by atoms with van der Waals surface area (Å²) in [6.07, 6.45) is 3.91. The van der Waals surface area contributed by atoms with E-state index in [0.717, 1.165) is 42.5 Å². The van der Waals surface area contributed by atoms with Crippen molar-refractivity contribution < 1.29 is 4.74 Å². The number of anilines is 1. The number of ether oxygens (including phenoxy) is 1. The summed E-state index contributed by atoms with van der Waals surface area (Å²) >= 11 is 1.69. The maximum Gasteiger partial charge on any atom is 0.231 e. The van der Waals surface area contributed by atoms with Crippen LogP contribution >= 0.6 is 11.3 Å². The average molecular weight is 316 g/mol. The van der Waals surface area contributed by atoms with E-state index < -0.39 is 0 Å². The second kappa shape index (κ2) is 5.53. The molecule has 0 saturated carbocycles. The van der Waals surface area contributed by atoms with Gasteiger partial charge < -0.3 is 9.64 Å². The molecule has 0 aromatic carbocycles. The van der Waals surface area contributed by atoms with E-state index in [4.69, 9.17) is 4.74 Å². The van der Waals surface area contributed by atoms with Crippen molar-refractivity contribution in [1.29, 1.82) is 0 Å². The predicted octanol–water partition coefficient (Wildman–Crippen LogP) is 1.97. The topological polar surface area (TPSA) is 68.4 Å². The molecule has 1 aliphatic rings. The number of hydrogen-bond donors (Lipinski definition) is 0. The molecule has 0 bridgehead atoms. The third kappa shape index (κ3) is 2.29. The first-order valence-corrected chi connectivity index (χ1v) is 8.14. The fourth-order valence-electron chi connectivity index (χ4n) is 2.85. The van der Waals surface area contributed by atoms with E-state index in [1.807, 2.05) is 22.2 Å². The summed E-state index contributed by atoms with van der Waals surface area (Å²) in [5.41, 5.74) is 0.762. The highest BCUT2D eigenvalue weighted by atomic mass is 32.1. The van der Waals surface area contributed by atoms with Gasteiger partial charge in [0.15, 0.2) is 16.6 Å². The Morgan fingerprint density at radius 3 is 2.82 bits per heavy atom. The zero-order chi connectivity index (χ0) is 14.9. The molecule has 114 valence electrons. The van der Waals surface area contributed by atoms with E-state index in [9.17, 15) is 0 Å². The number of thiazole rings is 1. The molecule has 0 unspecified atom stereocenters. The van der Waals surface area contributed by atoms with Gasteiger partial charge in [0.25, 0.3) is 0 Å². The van der Waals surface area contributed by atoms with Gasteiger partial charge >= 0.3 is 0 Å². The quantitative estimate of drug-likeness (QED) is 0.736. The van der Waals surface area contributed by atoms with Crippen molar-refractivity contribution in [2.45, 2.75) is 18.8 Å². The second-order valence-corrected chi connectivity index (χ2v) is 6.15. The minimum absolute atomic E-state index is 0.366. The Balaban J connectivity index is 1.56. The second-order valence-electron chi connectivity index (χ2n) is 5.28. The molecular weight excluding hydrogens is 300 g/mol. The van der Waals surface area contributed by atoms with Crippen LogP contribution in [0.1, 0.15) is 24.6 Å². The number of hydrogen-bond acceptors (Lipinski definition) is 7. The van der Waals surface area contributed by atoms with Crippen LogP contribution in [0, 0.1) is 0 Å². The summed E-state index contributed by atoms with van der Waals surface area (Å²) in [6, 6.07) is 3.69. The van der Waals surface area contributed by atoms with Crippen LogP contribution in [0.15, 0.2) is 23.7 Å². The van der Waals surface area contributed by atoms with Crippen molar-refractivity contribution in [3.05, 3.63) is 29.5 Å². The summed E-state index contributed by atoms with van der Waals surface area (Å²) in [7, 11) is 1.62. The summed E-state index contributed by atoms with van der Waals surface area (Å²) < 4.78 is 7.01. The summed E-state index contributed by atoms with van der Waals surface area (Å²) in [6.45, 7) is 1.97. The molecule has 1 fully saturated rings. The summed E-state index contributed by atoms with van der Waals surface area (Å²) in [5.74, 6) is 1.87. The highest BCUT2D eigenvalue weighted by molar-refractivity contribution is 7.13. The molecule has 0 N–H and O–H groups in total. The van der Waals surface area contributed by atoms with E-state index in [1.54, 1.807) is 24.5 Å². The Bertz CT molecular complexity index is 763. The van der Waals surface area contributed by atoms with Crippen LogP contribution in [0.2, 0.25) is 0 Å². The lowest BCUT2D eigenvalue weighted by atomic mass is 9.96. The minimum Gasteiger partial charge on any atom is -0.480 e. The molecule has 1 aliphatic heterocycles. The maximum atomic E-state index is 5.20. The van der Waals surface area contributed by atoms with E-state index in [1.165, 1.54) is 0 Å². The van der Waals surface area contributed by atoms with Crippen molar-refractivity contribution in [2.75, 3.05) is 25.1 Å². The fraction of sp³-hybridized carbons (Fsp3) is 0.429. The molecule has 4 rings (SSSR count). The number of rotatable bonds is 3. The van der Waals surface area contributed by atoms with Gasteiger partial charge in [-0.25, -0.2) is 4.98 Å². The van der Waals surface area contributed by atoms with E-state index in [2.05, 4.69) is 25.2 Å². The molecule has 3 aromatic heterocycles. The monoisotopic (exact) mass is 316 g/mol. The Morgan fingerprint density at radius 2 is 2.09 bits per heavy atom. The van der Waals surface area contributed by atoms with Gasteiger partial charge in [-0.3, -0.25) is 0 Å².